The molecule has 2 saturated heterocycles. The number of nitrogens with zero attached hydrogens (tertiary/aromatic N) is 4. The van der Waals surface area contributed by atoms with Crippen molar-refractivity contribution in [3.05, 3.63) is 146 Å². The molecule has 0 saturated carbocycles. The second-order valence-electron chi connectivity index (χ2n) is 13.7. The summed E-state index contributed by atoms with van der Waals surface area (Å²) in [4.78, 5) is 36.9. The zero-order valence-electron chi connectivity index (χ0n) is 28.5. The smallest absolute Gasteiger partial charge is 0.317 e. The largest absolute Gasteiger partial charge is 0.370 e. The monoisotopic (exact) mass is 737 g/mol. The average molecular weight is 739 g/mol. The van der Waals surface area contributed by atoms with E-state index in [0.29, 0.717) is 53.2 Å². The third-order valence-corrected chi connectivity index (χ3v) is 11.1. The number of carbonyl (C=O) groups is 2. The highest BCUT2D eigenvalue weighted by Gasteiger charge is 2.39. The van der Waals surface area contributed by atoms with Gasteiger partial charge in [0, 0.05) is 70.5 Å². The number of nitriles is 1. The fourth-order valence-corrected chi connectivity index (χ4v) is 8.64. The minimum Gasteiger partial charge on any atom is -0.370 e. The van der Waals surface area contributed by atoms with Crippen molar-refractivity contribution in [3.8, 4) is 6.07 Å². The lowest BCUT2D eigenvalue weighted by molar-refractivity contribution is 0.102. The number of piperidine rings is 1. The molecule has 9 rings (SSSR count). The fraction of sp³-hybridized carbons (Fsp3) is 0.190. The van der Waals surface area contributed by atoms with Gasteiger partial charge in [-0.05, 0) is 78.1 Å². The number of nitrogens with one attached hydrogen (secondary N) is 3. The van der Waals surface area contributed by atoms with Crippen LogP contribution in [0.5, 0.6) is 0 Å². The summed E-state index contributed by atoms with van der Waals surface area (Å²) in [7, 11) is 0. The summed E-state index contributed by atoms with van der Waals surface area (Å²) in [5.74, 6) is -0.346. The summed E-state index contributed by atoms with van der Waals surface area (Å²) in [5.41, 5.74) is 11.8. The number of carbonyl (C=O) groups excluding carboxylic acids is 2. The molecule has 262 valence electrons. The molecule has 3 amide bonds. The van der Waals surface area contributed by atoms with Gasteiger partial charge in [-0.25, -0.2) is 4.79 Å². The number of aromatic amines is 1. The standard InChI is InChI=1S/C42H33Cl2N7O2/c43-28-11-9-27(10-12-28)39-32-22-29(44)23-34-36(32)37(40-31(7-4-17-51(39)40)26-5-2-1-3-6-26)38(47-34)41(52)48-33-21-25(24-45)8-13-35(33)49-18-14-30(15-19-49)50-20-16-46-42(50)53/h1-3,5-13,17,21-23,30,39,47H,14-16,18-20H2,(H,46,53)(H,48,52). The minimum atomic E-state index is -0.346. The molecule has 0 bridgehead atoms. The van der Waals surface area contributed by atoms with Crippen molar-refractivity contribution >= 4 is 68.7 Å². The van der Waals surface area contributed by atoms with Crippen molar-refractivity contribution in [2.24, 2.45) is 0 Å². The lowest BCUT2D eigenvalue weighted by Gasteiger charge is -2.39. The van der Waals surface area contributed by atoms with E-state index in [1.54, 1.807) is 12.1 Å². The lowest BCUT2D eigenvalue weighted by atomic mass is 9.84. The third kappa shape index (κ3) is 5.73. The molecular weight excluding hydrogens is 705 g/mol. The number of benzene rings is 4. The van der Waals surface area contributed by atoms with Crippen molar-refractivity contribution in [3.63, 3.8) is 0 Å². The Hall–Kier alpha value is -5.91. The van der Waals surface area contributed by atoms with Crippen LogP contribution in [-0.4, -0.2) is 58.9 Å². The van der Waals surface area contributed by atoms with Crippen LogP contribution in [0.2, 0.25) is 10.0 Å². The highest BCUT2D eigenvalue weighted by atomic mass is 35.5. The van der Waals surface area contributed by atoms with E-state index in [-0.39, 0.29) is 24.0 Å². The van der Waals surface area contributed by atoms with Crippen LogP contribution in [0.15, 0.2) is 103 Å². The Bertz CT molecular complexity index is 2450. The summed E-state index contributed by atoms with van der Waals surface area (Å²) in [6.45, 7) is 2.79. The summed E-state index contributed by atoms with van der Waals surface area (Å²) in [5, 5.41) is 18.1. The Kier molecular flexibility index (Phi) is 8.24. The van der Waals surface area contributed by atoms with Crippen LogP contribution in [0.4, 0.5) is 16.2 Å². The Morgan fingerprint density at radius 2 is 1.74 bits per heavy atom. The van der Waals surface area contributed by atoms with E-state index in [4.69, 9.17) is 23.2 Å². The van der Waals surface area contributed by atoms with Gasteiger partial charge < -0.3 is 30.3 Å². The van der Waals surface area contributed by atoms with Gasteiger partial charge in [0.2, 0.25) is 0 Å². The molecule has 4 aromatic carbocycles. The molecule has 1 unspecified atom stereocenters. The van der Waals surface area contributed by atoms with Crippen LogP contribution in [0, 0.1) is 11.3 Å². The molecule has 1 aromatic heterocycles. The SMILES string of the molecule is N#Cc1ccc(N2CCC(N3CCNC3=O)CC2)c(NC(=O)c2[nH]c3cc(Cl)cc4c3c2C2=C(c3ccccc3)C=C=CN2C4c2ccc(Cl)cc2)c1. The highest BCUT2D eigenvalue weighted by Crippen LogP contribution is 2.51. The van der Waals surface area contributed by atoms with Gasteiger partial charge in [-0.2, -0.15) is 5.26 Å². The first kappa shape index (κ1) is 33.0. The fourth-order valence-electron chi connectivity index (χ4n) is 8.28. The van der Waals surface area contributed by atoms with E-state index >= 15 is 0 Å². The average Bonchev–Trinajstić information content (AvgIpc) is 3.79. The highest BCUT2D eigenvalue weighted by molar-refractivity contribution is 6.32. The topological polar surface area (TPSA) is 107 Å². The first-order valence-corrected chi connectivity index (χ1v) is 18.4. The van der Waals surface area contributed by atoms with Gasteiger partial charge in [-0.3, -0.25) is 4.79 Å². The Morgan fingerprint density at radius 3 is 2.47 bits per heavy atom. The predicted molar refractivity (Wildman–Crippen MR) is 209 cm³/mol. The maximum Gasteiger partial charge on any atom is 0.317 e. The van der Waals surface area contributed by atoms with E-state index < -0.39 is 0 Å². The molecule has 0 aliphatic carbocycles. The van der Waals surface area contributed by atoms with E-state index in [9.17, 15) is 14.9 Å². The normalized spacial score (nSPS) is 18.0. The first-order chi connectivity index (χ1) is 25.9. The Balaban J connectivity index is 1.16. The summed E-state index contributed by atoms with van der Waals surface area (Å²) >= 11 is 13.2. The lowest BCUT2D eigenvalue weighted by Crippen LogP contribution is -2.46. The van der Waals surface area contributed by atoms with E-state index in [2.05, 4.69) is 49.4 Å². The zero-order chi connectivity index (χ0) is 36.2. The van der Waals surface area contributed by atoms with Crippen molar-refractivity contribution in [1.29, 1.82) is 5.26 Å². The number of hydrogen-bond acceptors (Lipinski definition) is 5. The number of rotatable bonds is 6. The van der Waals surface area contributed by atoms with Gasteiger partial charge in [0.05, 0.1) is 34.7 Å². The molecule has 53 heavy (non-hydrogen) atoms. The van der Waals surface area contributed by atoms with Crippen LogP contribution in [0.1, 0.15) is 57.2 Å². The number of H-pyrrole nitrogens is 1. The summed E-state index contributed by atoms with van der Waals surface area (Å²) in [6, 6.07) is 29.2. The number of anilines is 2. The molecule has 0 radical (unpaired) electrons. The number of aromatic nitrogens is 1. The van der Waals surface area contributed by atoms with Crippen molar-refractivity contribution in [1.82, 2.24) is 20.1 Å². The second kappa shape index (κ2) is 13.3. The molecule has 4 aliphatic rings. The molecule has 2 fully saturated rings. The third-order valence-electron chi connectivity index (χ3n) is 10.7. The predicted octanol–water partition coefficient (Wildman–Crippen LogP) is 8.55. The molecule has 0 spiro atoms. The number of halogens is 2. The van der Waals surface area contributed by atoms with Gasteiger partial charge in [0.25, 0.3) is 5.91 Å². The minimum absolute atomic E-state index is 0.00551. The van der Waals surface area contributed by atoms with Crippen molar-refractivity contribution < 1.29 is 9.59 Å². The van der Waals surface area contributed by atoms with E-state index in [1.165, 1.54) is 0 Å². The van der Waals surface area contributed by atoms with E-state index in [1.807, 2.05) is 77.8 Å². The number of fused-ring (bicyclic) bond motifs is 2. The second-order valence-corrected chi connectivity index (χ2v) is 14.5. The number of allylic oxidation sites excluding steroid dienone is 2. The molecular formula is C42H33Cl2N7O2. The number of amides is 3. The number of urea groups is 1. The van der Waals surface area contributed by atoms with Gasteiger partial charge >= 0.3 is 6.03 Å². The quantitative estimate of drug-likeness (QED) is 0.152. The van der Waals surface area contributed by atoms with E-state index in [0.717, 1.165) is 63.0 Å². The number of hydrogen-bond donors (Lipinski definition) is 3. The molecule has 5 heterocycles. The summed E-state index contributed by atoms with van der Waals surface area (Å²) in [6.07, 6.45) is 5.50. The molecule has 3 N–H and O–H groups in total. The van der Waals surface area contributed by atoms with Crippen LogP contribution < -0.4 is 15.5 Å². The van der Waals surface area contributed by atoms with Gasteiger partial charge in [0.1, 0.15) is 5.69 Å². The van der Waals surface area contributed by atoms with Crippen LogP contribution in [0.3, 0.4) is 0 Å². The van der Waals surface area contributed by atoms with Crippen LogP contribution in [-0.2, 0) is 0 Å². The van der Waals surface area contributed by atoms with Crippen molar-refractivity contribution in [2.75, 3.05) is 36.4 Å². The van der Waals surface area contributed by atoms with Crippen LogP contribution in [0.25, 0.3) is 22.2 Å². The Morgan fingerprint density at radius 1 is 0.943 bits per heavy atom. The van der Waals surface area contributed by atoms with Gasteiger partial charge in [-0.1, -0.05) is 65.7 Å². The van der Waals surface area contributed by atoms with Crippen LogP contribution >= 0.6 is 23.2 Å². The van der Waals surface area contributed by atoms with Gasteiger partial charge in [0.15, 0.2) is 0 Å². The first-order valence-electron chi connectivity index (χ1n) is 17.6. The zero-order valence-corrected chi connectivity index (χ0v) is 30.0. The molecule has 9 nitrogen and oxygen atoms in total. The summed E-state index contributed by atoms with van der Waals surface area (Å²) < 4.78 is 0. The maximum atomic E-state index is 14.8. The maximum absolute atomic E-state index is 14.8. The molecule has 4 aliphatic heterocycles. The molecule has 11 heteroatoms. The van der Waals surface area contributed by atoms with Crippen molar-refractivity contribution in [2.45, 2.75) is 24.9 Å². The molecule has 1 atom stereocenters. The van der Waals surface area contributed by atoms with Gasteiger partial charge in [-0.15, -0.1) is 5.73 Å². The molecule has 5 aromatic rings. The Labute approximate surface area is 316 Å².